The monoisotopic (exact) mass is 496 g/mol. The van der Waals surface area contributed by atoms with Gasteiger partial charge in [-0.3, -0.25) is 0 Å². The first-order valence-corrected chi connectivity index (χ1v) is 15.9. The largest absolute Gasteiger partial charge is 0.0839 e. The van der Waals surface area contributed by atoms with Crippen molar-refractivity contribution in [3.8, 4) is 0 Å². The molecular formula is C38H40. The Kier molecular flexibility index (Phi) is 4.94. The molecule has 0 heterocycles. The Bertz CT molecular complexity index is 1380. The molecule has 9 aliphatic rings. The van der Waals surface area contributed by atoms with Gasteiger partial charge in [0.25, 0.3) is 0 Å². The molecule has 0 aromatic rings. The molecule has 2 atom stereocenters. The molecule has 0 amide bonds. The van der Waals surface area contributed by atoms with E-state index < -0.39 is 0 Å². The topological polar surface area (TPSA) is 0 Å². The molecule has 0 fully saturated rings. The number of hydrogen-bond acceptors (Lipinski definition) is 0. The summed E-state index contributed by atoms with van der Waals surface area (Å²) in [6, 6.07) is 0. The molecule has 38 heavy (non-hydrogen) atoms. The lowest BCUT2D eigenvalue weighted by atomic mass is 9.61. The van der Waals surface area contributed by atoms with Crippen LogP contribution in [-0.2, 0) is 0 Å². The Morgan fingerprint density at radius 1 is 0.395 bits per heavy atom. The maximum absolute atomic E-state index is 2.66. The van der Waals surface area contributed by atoms with Crippen molar-refractivity contribution in [1.29, 1.82) is 0 Å². The molecule has 0 aromatic heterocycles. The molecule has 0 N–H and O–H groups in total. The maximum Gasteiger partial charge on any atom is -0.0115 e. The zero-order valence-corrected chi connectivity index (χ0v) is 22.9. The van der Waals surface area contributed by atoms with Crippen LogP contribution in [0.15, 0.2) is 114 Å². The molecule has 9 aliphatic carbocycles. The molecule has 2 unspecified atom stereocenters. The molecule has 0 spiro atoms. The molecular weight excluding hydrogens is 456 g/mol. The van der Waals surface area contributed by atoms with Crippen molar-refractivity contribution in [2.75, 3.05) is 0 Å². The highest BCUT2D eigenvalue weighted by molar-refractivity contribution is 5.66. The van der Waals surface area contributed by atoms with Crippen LogP contribution in [0.1, 0.15) is 103 Å². The van der Waals surface area contributed by atoms with E-state index in [2.05, 4.69) is 36.5 Å². The van der Waals surface area contributed by atoms with Crippen LogP contribution in [0.3, 0.4) is 0 Å². The van der Waals surface area contributed by atoms with Crippen molar-refractivity contribution >= 4 is 0 Å². The third kappa shape index (κ3) is 3.22. The van der Waals surface area contributed by atoms with Crippen molar-refractivity contribution in [2.24, 2.45) is 11.8 Å². The number of fused-ring (bicyclic) bond motifs is 7. The van der Waals surface area contributed by atoms with E-state index in [4.69, 9.17) is 0 Å². The van der Waals surface area contributed by atoms with Gasteiger partial charge in [-0.25, -0.2) is 0 Å². The van der Waals surface area contributed by atoms with E-state index in [0.29, 0.717) is 0 Å². The summed E-state index contributed by atoms with van der Waals surface area (Å²) in [5, 5.41) is 0. The molecule has 0 bridgehead atoms. The van der Waals surface area contributed by atoms with Gasteiger partial charge in [-0.1, -0.05) is 36.5 Å². The standard InChI is InChI=1S/C38H40/c1-3-7-25-21-37-27(19-23(25)5-1)9-11-29-31-13-14-32-30-12-10-28-20-24-6-2-4-8-26(24)22-38(28)36(30)18-16-34(32)33(31)15-17-35(29)37/h1-2,5-6,21-22,27-28H,3-4,7-20H2. The van der Waals surface area contributed by atoms with Crippen LogP contribution in [0.4, 0.5) is 0 Å². The SMILES string of the molecule is C1=CC2=C(C=C3C4=C(CCC3C2)C2=C(CC4)C3=C(CC2)C2=C(CC3)C3=CC4=C(C=CCC4)CC3CC2)CC1. The minimum Gasteiger partial charge on any atom is -0.0839 e. The Balaban J connectivity index is 1.11. The van der Waals surface area contributed by atoms with E-state index in [1.165, 1.54) is 103 Å². The molecule has 0 radical (unpaired) electrons. The Morgan fingerprint density at radius 2 is 0.789 bits per heavy atom. The van der Waals surface area contributed by atoms with Gasteiger partial charge < -0.3 is 0 Å². The van der Waals surface area contributed by atoms with Crippen LogP contribution >= 0.6 is 0 Å². The average Bonchev–Trinajstić information content (AvgIpc) is 2.98. The second-order valence-corrected chi connectivity index (χ2v) is 13.4. The van der Waals surface area contributed by atoms with E-state index in [9.17, 15) is 0 Å². The van der Waals surface area contributed by atoms with Gasteiger partial charge in [0.1, 0.15) is 0 Å². The van der Waals surface area contributed by atoms with Gasteiger partial charge >= 0.3 is 0 Å². The summed E-state index contributed by atoms with van der Waals surface area (Å²) in [6.07, 6.45) is 35.8. The maximum atomic E-state index is 2.66. The van der Waals surface area contributed by atoms with Crippen LogP contribution < -0.4 is 0 Å². The zero-order valence-electron chi connectivity index (χ0n) is 22.9. The van der Waals surface area contributed by atoms with Gasteiger partial charge in [0, 0.05) is 0 Å². The molecule has 0 aliphatic heterocycles. The van der Waals surface area contributed by atoms with Crippen LogP contribution in [0, 0.1) is 11.8 Å². The smallest absolute Gasteiger partial charge is 0.0115 e. The van der Waals surface area contributed by atoms with Gasteiger partial charge in [-0.2, -0.15) is 0 Å². The summed E-state index contributed by atoms with van der Waals surface area (Å²) in [5.41, 5.74) is 24.6. The fourth-order valence-corrected chi connectivity index (χ4v) is 9.97. The van der Waals surface area contributed by atoms with E-state index in [1.807, 2.05) is 22.3 Å². The quantitative estimate of drug-likeness (QED) is 0.313. The molecule has 192 valence electrons. The highest BCUT2D eigenvalue weighted by Crippen LogP contribution is 2.57. The van der Waals surface area contributed by atoms with Crippen LogP contribution in [0.5, 0.6) is 0 Å². The van der Waals surface area contributed by atoms with E-state index in [0.717, 1.165) is 11.8 Å². The van der Waals surface area contributed by atoms with Gasteiger partial charge in [-0.15, -0.1) is 0 Å². The van der Waals surface area contributed by atoms with Crippen molar-refractivity contribution in [2.45, 2.75) is 103 Å². The van der Waals surface area contributed by atoms with E-state index in [-0.39, 0.29) is 0 Å². The molecule has 0 nitrogen and oxygen atoms in total. The van der Waals surface area contributed by atoms with Gasteiger partial charge in [0.2, 0.25) is 0 Å². The molecule has 9 rings (SSSR count). The Labute approximate surface area is 228 Å². The molecule has 0 aromatic carbocycles. The summed E-state index contributed by atoms with van der Waals surface area (Å²) in [6.45, 7) is 0. The number of rotatable bonds is 0. The summed E-state index contributed by atoms with van der Waals surface area (Å²) in [4.78, 5) is 0. The van der Waals surface area contributed by atoms with Gasteiger partial charge in [0.15, 0.2) is 0 Å². The van der Waals surface area contributed by atoms with Crippen molar-refractivity contribution in [1.82, 2.24) is 0 Å². The second-order valence-electron chi connectivity index (χ2n) is 13.4. The molecule has 0 heteroatoms. The number of hydrogen-bond donors (Lipinski definition) is 0. The first-order valence-electron chi connectivity index (χ1n) is 15.9. The number of allylic oxidation sites excluding steroid dienone is 20. The van der Waals surface area contributed by atoms with Crippen LogP contribution in [0.25, 0.3) is 0 Å². The highest BCUT2D eigenvalue weighted by Gasteiger charge is 2.39. The predicted octanol–water partition coefficient (Wildman–Crippen LogP) is 10.3. The molecule has 0 saturated carbocycles. The van der Waals surface area contributed by atoms with Crippen molar-refractivity contribution < 1.29 is 0 Å². The third-order valence-electron chi connectivity index (χ3n) is 11.7. The fourth-order valence-electron chi connectivity index (χ4n) is 9.97. The second kappa shape index (κ2) is 8.45. The summed E-state index contributed by atoms with van der Waals surface area (Å²) >= 11 is 0. The fraction of sp³-hybridized carbons (Fsp3) is 0.474. The summed E-state index contributed by atoms with van der Waals surface area (Å²) in [7, 11) is 0. The highest BCUT2D eigenvalue weighted by atomic mass is 14.4. The lowest BCUT2D eigenvalue weighted by Crippen LogP contribution is -2.26. The summed E-state index contributed by atoms with van der Waals surface area (Å²) < 4.78 is 0. The normalized spacial score (nSPS) is 31.6. The van der Waals surface area contributed by atoms with Crippen LogP contribution in [-0.4, -0.2) is 0 Å². The Morgan fingerprint density at radius 3 is 1.24 bits per heavy atom. The van der Waals surface area contributed by atoms with Crippen molar-refractivity contribution in [3.05, 3.63) is 114 Å². The average molecular weight is 497 g/mol. The lowest BCUT2D eigenvalue weighted by Gasteiger charge is -2.43. The minimum absolute atomic E-state index is 0.785. The predicted molar refractivity (Wildman–Crippen MR) is 157 cm³/mol. The molecule has 0 saturated heterocycles. The summed E-state index contributed by atoms with van der Waals surface area (Å²) in [5.74, 6) is 1.57. The third-order valence-corrected chi connectivity index (χ3v) is 11.7. The van der Waals surface area contributed by atoms with Gasteiger partial charge in [-0.05, 0) is 193 Å². The lowest BCUT2D eigenvalue weighted by molar-refractivity contribution is 0.508. The van der Waals surface area contributed by atoms with Crippen LogP contribution in [0.2, 0.25) is 0 Å². The van der Waals surface area contributed by atoms with E-state index >= 15 is 0 Å². The first kappa shape index (κ1) is 22.2. The zero-order chi connectivity index (χ0) is 24.8. The Hall–Kier alpha value is -2.60. The minimum atomic E-state index is 0.785. The van der Waals surface area contributed by atoms with E-state index in [1.54, 1.807) is 55.7 Å². The first-order chi connectivity index (χ1) is 18.8. The van der Waals surface area contributed by atoms with Gasteiger partial charge in [0.05, 0.1) is 0 Å². The van der Waals surface area contributed by atoms with Crippen molar-refractivity contribution in [3.63, 3.8) is 0 Å².